The molecule has 0 aliphatic heterocycles. The monoisotopic (exact) mass is 449 g/mol. The molecule has 0 saturated carbocycles. The summed E-state index contributed by atoms with van der Waals surface area (Å²) in [5, 5.41) is 0. The summed E-state index contributed by atoms with van der Waals surface area (Å²) >= 11 is 0. The molecule has 0 amide bonds. The maximum Gasteiger partial charge on any atom is -0.0144 e. The van der Waals surface area contributed by atoms with Crippen LogP contribution in [0.2, 0.25) is 0 Å². The SMILES string of the molecule is CCCCCCCC/C(=C/C(C)(CCCCCC)CCCCCCCC)CCCCCC. The average Bonchev–Trinajstić information content (AvgIpc) is 2.79. The molecule has 0 aromatic rings. The molecule has 0 aromatic heterocycles. The summed E-state index contributed by atoms with van der Waals surface area (Å²) in [6.45, 7) is 11.9. The second-order valence-electron chi connectivity index (χ2n) is 11.1. The fraction of sp³-hybridized carbons (Fsp3) is 0.938. The van der Waals surface area contributed by atoms with Gasteiger partial charge in [-0.2, -0.15) is 0 Å². The average molecular weight is 449 g/mol. The highest BCUT2D eigenvalue weighted by atomic mass is 14.3. The van der Waals surface area contributed by atoms with Gasteiger partial charge < -0.3 is 0 Å². The van der Waals surface area contributed by atoms with Crippen molar-refractivity contribution in [1.82, 2.24) is 0 Å². The van der Waals surface area contributed by atoms with Gasteiger partial charge in [-0.1, -0.05) is 162 Å². The Morgan fingerprint density at radius 3 is 1.19 bits per heavy atom. The molecule has 0 aromatic carbocycles. The predicted octanol–water partition coefficient (Wildman–Crippen LogP) is 12.4. The first-order valence-electron chi connectivity index (χ1n) is 15.3. The molecule has 0 radical (unpaired) electrons. The smallest absolute Gasteiger partial charge is 0.0144 e. The van der Waals surface area contributed by atoms with Crippen LogP contribution < -0.4 is 0 Å². The quantitative estimate of drug-likeness (QED) is 0.0961. The lowest BCUT2D eigenvalue weighted by Crippen LogP contribution is -2.15. The third-order valence-corrected chi connectivity index (χ3v) is 7.46. The van der Waals surface area contributed by atoms with Crippen LogP contribution in [0.4, 0.5) is 0 Å². The Bertz CT molecular complexity index is 393. The van der Waals surface area contributed by atoms with E-state index >= 15 is 0 Å². The summed E-state index contributed by atoms with van der Waals surface area (Å²) in [4.78, 5) is 0. The van der Waals surface area contributed by atoms with Crippen LogP contribution in [0.15, 0.2) is 11.6 Å². The van der Waals surface area contributed by atoms with E-state index in [4.69, 9.17) is 0 Å². The van der Waals surface area contributed by atoms with Crippen molar-refractivity contribution in [2.24, 2.45) is 5.41 Å². The Morgan fingerprint density at radius 1 is 0.438 bits per heavy atom. The highest BCUT2D eigenvalue weighted by molar-refractivity contribution is 5.09. The van der Waals surface area contributed by atoms with E-state index in [2.05, 4.69) is 40.7 Å². The minimum atomic E-state index is 0.445. The van der Waals surface area contributed by atoms with Crippen LogP contribution in [-0.2, 0) is 0 Å². The van der Waals surface area contributed by atoms with Crippen molar-refractivity contribution in [3.63, 3.8) is 0 Å². The Labute approximate surface area is 205 Å². The van der Waals surface area contributed by atoms with Gasteiger partial charge in [0.2, 0.25) is 0 Å². The molecule has 0 saturated heterocycles. The molecule has 0 spiro atoms. The van der Waals surface area contributed by atoms with Crippen molar-refractivity contribution in [2.45, 2.75) is 189 Å². The van der Waals surface area contributed by atoms with Crippen molar-refractivity contribution in [3.05, 3.63) is 11.6 Å². The summed E-state index contributed by atoms with van der Waals surface area (Å²) in [6, 6.07) is 0. The van der Waals surface area contributed by atoms with Crippen molar-refractivity contribution in [2.75, 3.05) is 0 Å². The lowest BCUT2D eigenvalue weighted by atomic mass is 9.77. The van der Waals surface area contributed by atoms with Crippen molar-refractivity contribution in [1.29, 1.82) is 0 Å². The van der Waals surface area contributed by atoms with Gasteiger partial charge in [0.1, 0.15) is 0 Å². The second-order valence-corrected chi connectivity index (χ2v) is 11.1. The highest BCUT2D eigenvalue weighted by Gasteiger charge is 2.21. The second kappa shape index (κ2) is 23.9. The molecule has 0 heterocycles. The van der Waals surface area contributed by atoms with Gasteiger partial charge >= 0.3 is 0 Å². The van der Waals surface area contributed by atoms with Gasteiger partial charge in [-0.15, -0.1) is 0 Å². The molecular formula is C32H64. The first-order valence-corrected chi connectivity index (χ1v) is 15.3. The zero-order valence-corrected chi connectivity index (χ0v) is 23.5. The highest BCUT2D eigenvalue weighted by Crippen LogP contribution is 2.36. The number of allylic oxidation sites excluding steroid dienone is 2. The van der Waals surface area contributed by atoms with Gasteiger partial charge in [-0.05, 0) is 43.9 Å². The molecule has 1 atom stereocenters. The predicted molar refractivity (Wildman–Crippen MR) is 150 cm³/mol. The summed E-state index contributed by atoms with van der Waals surface area (Å²) in [7, 11) is 0. The molecule has 32 heavy (non-hydrogen) atoms. The molecule has 0 nitrogen and oxygen atoms in total. The van der Waals surface area contributed by atoms with Gasteiger partial charge in [-0.25, -0.2) is 0 Å². The zero-order valence-electron chi connectivity index (χ0n) is 23.5. The van der Waals surface area contributed by atoms with Crippen LogP contribution in [0.25, 0.3) is 0 Å². The molecule has 1 unspecified atom stereocenters. The molecular weight excluding hydrogens is 384 g/mol. The van der Waals surface area contributed by atoms with Crippen molar-refractivity contribution >= 4 is 0 Å². The summed E-state index contributed by atoms with van der Waals surface area (Å²) in [6.07, 6.45) is 36.7. The van der Waals surface area contributed by atoms with Crippen LogP contribution in [0, 0.1) is 5.41 Å². The van der Waals surface area contributed by atoms with Crippen molar-refractivity contribution in [3.8, 4) is 0 Å². The number of hydrogen-bond donors (Lipinski definition) is 0. The van der Waals surface area contributed by atoms with E-state index in [0.29, 0.717) is 5.41 Å². The van der Waals surface area contributed by atoms with Crippen LogP contribution in [0.5, 0.6) is 0 Å². The van der Waals surface area contributed by atoms with Crippen molar-refractivity contribution < 1.29 is 0 Å². The van der Waals surface area contributed by atoms with E-state index in [-0.39, 0.29) is 0 Å². The summed E-state index contributed by atoms with van der Waals surface area (Å²) in [5.41, 5.74) is 2.27. The minimum absolute atomic E-state index is 0.445. The van der Waals surface area contributed by atoms with E-state index in [1.165, 1.54) is 154 Å². The van der Waals surface area contributed by atoms with Gasteiger partial charge in [-0.3, -0.25) is 0 Å². The Kier molecular flexibility index (Phi) is 23.7. The maximum atomic E-state index is 2.82. The lowest BCUT2D eigenvalue weighted by molar-refractivity contribution is 0.324. The molecule has 0 fully saturated rings. The fourth-order valence-electron chi connectivity index (χ4n) is 5.21. The zero-order chi connectivity index (χ0) is 23.8. The number of hydrogen-bond acceptors (Lipinski definition) is 0. The van der Waals surface area contributed by atoms with Crippen LogP contribution in [0.3, 0.4) is 0 Å². The van der Waals surface area contributed by atoms with E-state index in [1.54, 1.807) is 0 Å². The molecule has 192 valence electrons. The fourth-order valence-corrected chi connectivity index (χ4v) is 5.21. The van der Waals surface area contributed by atoms with Gasteiger partial charge in [0.05, 0.1) is 0 Å². The Morgan fingerprint density at radius 2 is 0.750 bits per heavy atom. The Balaban J connectivity index is 4.91. The molecule has 0 bridgehead atoms. The van der Waals surface area contributed by atoms with E-state index in [1.807, 2.05) is 5.57 Å². The Hall–Kier alpha value is -0.260. The molecule has 0 aliphatic rings. The van der Waals surface area contributed by atoms with Gasteiger partial charge in [0.15, 0.2) is 0 Å². The maximum absolute atomic E-state index is 2.82. The van der Waals surface area contributed by atoms with Crippen LogP contribution >= 0.6 is 0 Å². The molecule has 0 N–H and O–H groups in total. The third kappa shape index (κ3) is 20.4. The van der Waals surface area contributed by atoms with Gasteiger partial charge in [0.25, 0.3) is 0 Å². The summed E-state index contributed by atoms with van der Waals surface area (Å²) in [5.74, 6) is 0. The van der Waals surface area contributed by atoms with Crippen LogP contribution in [-0.4, -0.2) is 0 Å². The minimum Gasteiger partial charge on any atom is -0.0794 e. The van der Waals surface area contributed by atoms with E-state index in [9.17, 15) is 0 Å². The largest absolute Gasteiger partial charge is 0.0794 e. The molecule has 0 aliphatic carbocycles. The van der Waals surface area contributed by atoms with Crippen LogP contribution in [0.1, 0.15) is 189 Å². The van der Waals surface area contributed by atoms with E-state index < -0.39 is 0 Å². The molecule has 0 rings (SSSR count). The third-order valence-electron chi connectivity index (χ3n) is 7.46. The van der Waals surface area contributed by atoms with E-state index in [0.717, 1.165) is 0 Å². The lowest BCUT2D eigenvalue weighted by Gasteiger charge is -2.28. The molecule has 0 heteroatoms. The van der Waals surface area contributed by atoms with Gasteiger partial charge in [0, 0.05) is 0 Å². The first-order chi connectivity index (χ1) is 15.6. The standard InChI is InChI=1S/C32H64/c1-6-10-14-18-20-23-27-31(26-22-16-12-8-3)30-32(5,28-24-17-13-9-4)29-25-21-19-15-11-7-2/h30H,6-29H2,1-5H3/b31-30+. The summed E-state index contributed by atoms with van der Waals surface area (Å²) < 4.78 is 0. The number of rotatable bonds is 25. The first kappa shape index (κ1) is 31.7. The number of unbranched alkanes of at least 4 members (excludes halogenated alkanes) is 16. The normalized spacial score (nSPS) is 14.1. The topological polar surface area (TPSA) is 0 Å².